The molecule has 6 N–H and O–H groups in total. The van der Waals surface area contributed by atoms with Crippen molar-refractivity contribution >= 4 is 34.6 Å². The average molecular weight is 346 g/mol. The van der Waals surface area contributed by atoms with Crippen molar-refractivity contribution in [1.29, 1.82) is 0 Å². The summed E-state index contributed by atoms with van der Waals surface area (Å²) in [5.74, 6) is -0.700. The Hall–Kier alpha value is -3.80. The van der Waals surface area contributed by atoms with Crippen LogP contribution in [-0.2, 0) is 0 Å². The van der Waals surface area contributed by atoms with E-state index in [0.717, 1.165) is 0 Å². The van der Waals surface area contributed by atoms with Gasteiger partial charge in [-0.05, 0) is 42.5 Å². The van der Waals surface area contributed by atoms with Crippen LogP contribution in [0.4, 0.5) is 22.7 Å². The van der Waals surface area contributed by atoms with Gasteiger partial charge in [-0.15, -0.1) is 0 Å². The molecule has 0 saturated carbocycles. The van der Waals surface area contributed by atoms with Gasteiger partial charge in [0.25, 0.3) is 11.8 Å². The van der Waals surface area contributed by atoms with Crippen LogP contribution in [0.2, 0.25) is 0 Å². The molecule has 0 aliphatic rings. The number of rotatable bonds is 4. The molecule has 0 aliphatic heterocycles. The van der Waals surface area contributed by atoms with Crippen molar-refractivity contribution in [2.24, 2.45) is 0 Å². The van der Waals surface area contributed by atoms with Crippen LogP contribution in [0.1, 0.15) is 20.7 Å². The third-order valence-corrected chi connectivity index (χ3v) is 3.80. The molecule has 0 unspecified atom stereocenters. The fourth-order valence-electron chi connectivity index (χ4n) is 2.41. The largest absolute Gasteiger partial charge is 0.397 e. The Labute approximate surface area is 150 Å². The molecule has 0 radical (unpaired) electrons. The van der Waals surface area contributed by atoms with Crippen molar-refractivity contribution < 1.29 is 9.59 Å². The topological polar surface area (TPSA) is 110 Å². The molecular formula is C20H18N4O2. The van der Waals surface area contributed by atoms with Crippen molar-refractivity contribution in [3.63, 3.8) is 0 Å². The number of anilines is 4. The molecule has 0 aliphatic carbocycles. The zero-order chi connectivity index (χ0) is 18.5. The van der Waals surface area contributed by atoms with E-state index in [1.54, 1.807) is 66.7 Å². The second kappa shape index (κ2) is 7.40. The minimum Gasteiger partial charge on any atom is -0.397 e. The summed E-state index contributed by atoms with van der Waals surface area (Å²) >= 11 is 0. The van der Waals surface area contributed by atoms with Crippen LogP contribution in [0.25, 0.3) is 0 Å². The molecule has 0 spiro atoms. The highest BCUT2D eigenvalue weighted by atomic mass is 16.2. The predicted octanol–water partition coefficient (Wildman–Crippen LogP) is 3.36. The first-order valence-corrected chi connectivity index (χ1v) is 7.96. The first-order chi connectivity index (χ1) is 12.5. The van der Waals surface area contributed by atoms with Gasteiger partial charge in [-0.25, -0.2) is 0 Å². The zero-order valence-corrected chi connectivity index (χ0v) is 13.9. The number of para-hydroxylation sites is 4. The summed E-state index contributed by atoms with van der Waals surface area (Å²) in [5, 5.41) is 5.47. The van der Waals surface area contributed by atoms with Gasteiger partial charge in [-0.1, -0.05) is 30.3 Å². The predicted molar refractivity (Wildman–Crippen MR) is 104 cm³/mol. The van der Waals surface area contributed by atoms with Gasteiger partial charge in [-0.2, -0.15) is 0 Å². The van der Waals surface area contributed by atoms with E-state index in [4.69, 9.17) is 11.5 Å². The highest BCUT2D eigenvalue weighted by molar-refractivity contribution is 6.10. The van der Waals surface area contributed by atoms with Gasteiger partial charge >= 0.3 is 0 Å². The van der Waals surface area contributed by atoms with E-state index in [1.807, 2.05) is 0 Å². The maximum absolute atomic E-state index is 12.4. The minimum atomic E-state index is -0.350. The van der Waals surface area contributed by atoms with Gasteiger partial charge in [0.05, 0.1) is 22.7 Å². The molecule has 3 rings (SSSR count). The molecule has 6 nitrogen and oxygen atoms in total. The first-order valence-electron chi connectivity index (χ1n) is 7.96. The number of nitrogen functional groups attached to an aromatic ring is 2. The lowest BCUT2D eigenvalue weighted by atomic mass is 10.1. The van der Waals surface area contributed by atoms with E-state index in [9.17, 15) is 9.59 Å². The molecule has 0 atom stereocenters. The molecule has 0 bridgehead atoms. The van der Waals surface area contributed by atoms with E-state index < -0.39 is 0 Å². The lowest BCUT2D eigenvalue weighted by Crippen LogP contribution is -2.16. The van der Waals surface area contributed by atoms with Crippen LogP contribution >= 0.6 is 0 Å². The standard InChI is InChI=1S/C20H18N4O2/c21-15-8-1-3-10-17(15)23-19(25)13-6-5-7-14(12-13)20(26)24-18-11-4-2-9-16(18)22/h1-12H,21-22H2,(H,23,25)(H,24,26). The second-order valence-electron chi connectivity index (χ2n) is 5.66. The van der Waals surface area contributed by atoms with Crippen molar-refractivity contribution in [3.8, 4) is 0 Å². The van der Waals surface area contributed by atoms with Crippen LogP contribution < -0.4 is 22.1 Å². The molecule has 130 valence electrons. The van der Waals surface area contributed by atoms with Gasteiger partial charge in [0.1, 0.15) is 0 Å². The van der Waals surface area contributed by atoms with Crippen LogP contribution in [0.15, 0.2) is 72.8 Å². The van der Waals surface area contributed by atoms with Crippen molar-refractivity contribution in [1.82, 2.24) is 0 Å². The van der Waals surface area contributed by atoms with Gasteiger partial charge < -0.3 is 22.1 Å². The Kier molecular flexibility index (Phi) is 4.85. The number of nitrogens with one attached hydrogen (secondary N) is 2. The van der Waals surface area contributed by atoms with Gasteiger partial charge in [0.2, 0.25) is 0 Å². The summed E-state index contributed by atoms with van der Waals surface area (Å²) in [7, 11) is 0. The van der Waals surface area contributed by atoms with E-state index in [-0.39, 0.29) is 11.8 Å². The molecular weight excluding hydrogens is 328 g/mol. The smallest absolute Gasteiger partial charge is 0.255 e. The zero-order valence-electron chi connectivity index (χ0n) is 13.9. The molecule has 0 fully saturated rings. The molecule has 3 aromatic carbocycles. The van der Waals surface area contributed by atoms with Crippen LogP contribution in [0, 0.1) is 0 Å². The van der Waals surface area contributed by atoms with Crippen molar-refractivity contribution in [2.75, 3.05) is 22.1 Å². The Morgan fingerprint density at radius 3 is 1.46 bits per heavy atom. The Balaban J connectivity index is 1.77. The summed E-state index contributed by atoms with van der Waals surface area (Å²) in [5.41, 5.74) is 14.3. The lowest BCUT2D eigenvalue weighted by molar-refractivity contribution is 0.102. The quantitative estimate of drug-likeness (QED) is 0.543. The maximum Gasteiger partial charge on any atom is 0.255 e. The number of amides is 2. The molecule has 3 aromatic rings. The van der Waals surface area contributed by atoms with E-state index in [2.05, 4.69) is 10.6 Å². The lowest BCUT2D eigenvalue weighted by Gasteiger charge is -2.10. The van der Waals surface area contributed by atoms with Gasteiger partial charge in [0.15, 0.2) is 0 Å². The molecule has 26 heavy (non-hydrogen) atoms. The number of hydrogen-bond acceptors (Lipinski definition) is 4. The number of hydrogen-bond donors (Lipinski definition) is 4. The first kappa shape index (κ1) is 17.0. The van der Waals surface area contributed by atoms with Crippen molar-refractivity contribution in [3.05, 3.63) is 83.9 Å². The van der Waals surface area contributed by atoms with E-state index in [0.29, 0.717) is 33.9 Å². The number of carbonyl (C=O) groups is 2. The molecule has 6 heteroatoms. The SMILES string of the molecule is Nc1ccccc1NC(=O)c1cccc(C(=O)Nc2ccccc2N)c1. The third kappa shape index (κ3) is 3.81. The Morgan fingerprint density at radius 1 is 0.615 bits per heavy atom. The van der Waals surface area contributed by atoms with Gasteiger partial charge in [0, 0.05) is 11.1 Å². The Bertz CT molecular complexity index is 895. The second-order valence-corrected chi connectivity index (χ2v) is 5.66. The van der Waals surface area contributed by atoms with E-state index in [1.165, 1.54) is 6.07 Å². The van der Waals surface area contributed by atoms with Crippen molar-refractivity contribution in [2.45, 2.75) is 0 Å². The number of carbonyl (C=O) groups excluding carboxylic acids is 2. The highest BCUT2D eigenvalue weighted by Gasteiger charge is 2.12. The highest BCUT2D eigenvalue weighted by Crippen LogP contribution is 2.20. The monoisotopic (exact) mass is 346 g/mol. The normalized spacial score (nSPS) is 10.2. The summed E-state index contributed by atoms with van der Waals surface area (Å²) in [6.07, 6.45) is 0. The van der Waals surface area contributed by atoms with E-state index >= 15 is 0 Å². The number of nitrogens with two attached hydrogens (primary N) is 2. The summed E-state index contributed by atoms with van der Waals surface area (Å²) < 4.78 is 0. The van der Waals surface area contributed by atoms with Gasteiger partial charge in [-0.3, -0.25) is 9.59 Å². The fraction of sp³-hybridized carbons (Fsp3) is 0. The third-order valence-electron chi connectivity index (χ3n) is 3.80. The molecule has 2 amide bonds. The maximum atomic E-state index is 12.4. The summed E-state index contributed by atoms with van der Waals surface area (Å²) in [6.45, 7) is 0. The average Bonchev–Trinajstić information content (AvgIpc) is 2.65. The van der Waals surface area contributed by atoms with Crippen LogP contribution in [0.3, 0.4) is 0 Å². The number of benzene rings is 3. The fourth-order valence-corrected chi connectivity index (χ4v) is 2.41. The van der Waals surface area contributed by atoms with Crippen LogP contribution in [-0.4, -0.2) is 11.8 Å². The Morgan fingerprint density at radius 2 is 1.04 bits per heavy atom. The summed E-state index contributed by atoms with van der Waals surface area (Å²) in [6, 6.07) is 20.4. The molecule has 0 aromatic heterocycles. The molecule has 0 heterocycles. The molecule has 0 saturated heterocycles. The van der Waals surface area contributed by atoms with Crippen LogP contribution in [0.5, 0.6) is 0 Å². The minimum absolute atomic E-state index is 0.349. The summed E-state index contributed by atoms with van der Waals surface area (Å²) in [4.78, 5) is 24.9.